The van der Waals surface area contributed by atoms with Crippen LogP contribution in [-0.4, -0.2) is 37.3 Å². The van der Waals surface area contributed by atoms with Crippen molar-refractivity contribution in [1.82, 2.24) is 0 Å². The Hall–Kier alpha value is -3.35. The second kappa shape index (κ2) is 6.92. The number of carbonyl (C=O) groups is 2. The normalized spacial score (nSPS) is 20.8. The zero-order valence-corrected chi connectivity index (χ0v) is 16.8. The Morgan fingerprint density at radius 3 is 2.41 bits per heavy atom. The summed E-state index contributed by atoms with van der Waals surface area (Å²) in [6, 6.07) is 10.9. The number of ether oxygens (including phenoxy) is 2. The fourth-order valence-electron chi connectivity index (χ4n) is 3.70. The second-order valence-corrected chi connectivity index (χ2v) is 7.35. The van der Waals surface area contributed by atoms with Gasteiger partial charge < -0.3 is 14.3 Å². The van der Waals surface area contributed by atoms with Gasteiger partial charge in [-0.3, -0.25) is 9.59 Å². The van der Waals surface area contributed by atoms with E-state index in [2.05, 4.69) is 5.16 Å². The van der Waals surface area contributed by atoms with Crippen LogP contribution in [0.2, 0.25) is 0 Å². The summed E-state index contributed by atoms with van der Waals surface area (Å²) < 4.78 is 10.6. The van der Waals surface area contributed by atoms with Gasteiger partial charge >= 0.3 is 0 Å². The fourth-order valence-corrected chi connectivity index (χ4v) is 3.70. The van der Waals surface area contributed by atoms with Crippen LogP contribution in [0.3, 0.4) is 0 Å². The average Bonchev–Trinajstić information content (AvgIpc) is 3.25. The summed E-state index contributed by atoms with van der Waals surface area (Å²) >= 11 is 0. The third-order valence-electron chi connectivity index (χ3n) is 5.53. The van der Waals surface area contributed by atoms with Gasteiger partial charge in [-0.05, 0) is 55.3 Å². The lowest BCUT2D eigenvalue weighted by Crippen LogP contribution is -2.40. The van der Waals surface area contributed by atoms with Gasteiger partial charge in [0.2, 0.25) is 11.5 Å². The van der Waals surface area contributed by atoms with Crippen molar-refractivity contribution in [2.75, 3.05) is 19.1 Å². The van der Waals surface area contributed by atoms with Crippen LogP contribution in [0, 0.1) is 13.8 Å². The Morgan fingerprint density at radius 2 is 1.72 bits per heavy atom. The number of amides is 2. The van der Waals surface area contributed by atoms with E-state index in [4.69, 9.17) is 14.3 Å². The van der Waals surface area contributed by atoms with Crippen LogP contribution in [0.4, 0.5) is 5.69 Å². The molecule has 1 spiro atoms. The van der Waals surface area contributed by atoms with Gasteiger partial charge in [0.1, 0.15) is 0 Å². The Kier molecular flexibility index (Phi) is 4.53. The number of nitrogens with zero attached hydrogens (tertiary/aromatic N) is 2. The molecule has 29 heavy (non-hydrogen) atoms. The Bertz CT molecular complexity index is 1050. The first-order valence-electron chi connectivity index (χ1n) is 9.30. The molecule has 0 saturated carbocycles. The molecule has 7 nitrogen and oxygen atoms in total. The number of rotatable bonds is 4. The van der Waals surface area contributed by atoms with Gasteiger partial charge in [0.05, 0.1) is 32.0 Å². The molecule has 0 N–H and O–H groups in total. The first-order chi connectivity index (χ1) is 13.9. The SMILES string of the molecule is COc1ccc(C2=NO[C@@]3(CC(=O)N(c4ccc(C)c(C)c4)C3=O)C2)cc1OC. The molecule has 1 atom stereocenters. The largest absolute Gasteiger partial charge is 0.493 e. The first-order valence-corrected chi connectivity index (χ1v) is 9.30. The standard InChI is InChI=1S/C22H22N2O5/c1-13-5-7-16(9-14(13)2)24-20(25)12-22(21(24)26)11-17(23-29-22)15-6-8-18(27-3)19(10-15)28-4/h5-10H,11-12H2,1-4H3/t22-/m1/s1. The average molecular weight is 394 g/mol. The molecule has 4 rings (SSSR count). The summed E-state index contributed by atoms with van der Waals surface area (Å²) in [6.07, 6.45) is 0.174. The number of aryl methyl sites for hydroxylation is 2. The summed E-state index contributed by atoms with van der Waals surface area (Å²) in [4.78, 5) is 32.7. The molecule has 150 valence electrons. The molecule has 2 heterocycles. The van der Waals surface area contributed by atoms with E-state index in [0.717, 1.165) is 16.7 Å². The fraction of sp³-hybridized carbons (Fsp3) is 0.318. The van der Waals surface area contributed by atoms with Gasteiger partial charge in [0, 0.05) is 12.0 Å². The molecule has 2 aliphatic heterocycles. The summed E-state index contributed by atoms with van der Waals surface area (Å²) in [7, 11) is 3.11. The van der Waals surface area contributed by atoms with Crippen LogP contribution in [-0.2, 0) is 14.4 Å². The van der Waals surface area contributed by atoms with Gasteiger partial charge in [-0.2, -0.15) is 0 Å². The maximum atomic E-state index is 13.2. The van der Waals surface area contributed by atoms with Crippen molar-refractivity contribution < 1.29 is 23.9 Å². The van der Waals surface area contributed by atoms with E-state index in [0.29, 0.717) is 22.9 Å². The molecule has 0 bridgehead atoms. The predicted octanol–water partition coefficient (Wildman–Crippen LogP) is 3.15. The van der Waals surface area contributed by atoms with E-state index < -0.39 is 5.60 Å². The Balaban J connectivity index is 1.60. The van der Waals surface area contributed by atoms with Gasteiger partial charge in [-0.15, -0.1) is 0 Å². The second-order valence-electron chi connectivity index (χ2n) is 7.35. The zero-order valence-electron chi connectivity index (χ0n) is 16.8. The summed E-state index contributed by atoms with van der Waals surface area (Å²) in [5.74, 6) is 0.477. The molecule has 2 amide bonds. The van der Waals surface area contributed by atoms with Crippen LogP contribution in [0.15, 0.2) is 41.6 Å². The topological polar surface area (TPSA) is 77.4 Å². The van der Waals surface area contributed by atoms with Crippen molar-refractivity contribution in [3.63, 3.8) is 0 Å². The van der Waals surface area contributed by atoms with Crippen molar-refractivity contribution in [3.05, 3.63) is 53.1 Å². The number of methoxy groups -OCH3 is 2. The van der Waals surface area contributed by atoms with Crippen molar-refractivity contribution >= 4 is 23.2 Å². The quantitative estimate of drug-likeness (QED) is 0.745. The number of hydrogen-bond acceptors (Lipinski definition) is 6. The number of anilines is 1. The lowest BCUT2D eigenvalue weighted by Gasteiger charge is -2.20. The number of imide groups is 1. The minimum absolute atomic E-state index is 0.0426. The molecular formula is C22H22N2O5. The molecule has 2 aromatic carbocycles. The highest BCUT2D eigenvalue weighted by Gasteiger charge is 2.58. The molecule has 0 aliphatic carbocycles. The lowest BCUT2D eigenvalue weighted by molar-refractivity contribution is -0.136. The van der Waals surface area contributed by atoms with E-state index in [1.54, 1.807) is 32.4 Å². The smallest absolute Gasteiger partial charge is 0.281 e. The molecule has 7 heteroatoms. The number of hydrogen-bond donors (Lipinski definition) is 0. The van der Waals surface area contributed by atoms with E-state index in [-0.39, 0.29) is 24.7 Å². The molecule has 1 saturated heterocycles. The predicted molar refractivity (Wildman–Crippen MR) is 108 cm³/mol. The van der Waals surface area contributed by atoms with Crippen molar-refractivity contribution in [1.29, 1.82) is 0 Å². The van der Waals surface area contributed by atoms with Crippen molar-refractivity contribution in [2.24, 2.45) is 5.16 Å². The monoisotopic (exact) mass is 394 g/mol. The van der Waals surface area contributed by atoms with Crippen LogP contribution >= 0.6 is 0 Å². The Labute approximate surface area is 168 Å². The highest BCUT2D eigenvalue weighted by molar-refractivity contribution is 6.25. The molecule has 2 aromatic rings. The van der Waals surface area contributed by atoms with Gasteiger partial charge in [-0.25, -0.2) is 4.90 Å². The maximum Gasteiger partial charge on any atom is 0.281 e. The molecule has 1 fully saturated rings. The van der Waals surface area contributed by atoms with Crippen LogP contribution in [0.1, 0.15) is 29.5 Å². The third kappa shape index (κ3) is 3.03. The van der Waals surface area contributed by atoms with E-state index in [1.165, 1.54) is 4.90 Å². The van der Waals surface area contributed by atoms with E-state index >= 15 is 0 Å². The Morgan fingerprint density at radius 1 is 0.966 bits per heavy atom. The van der Waals surface area contributed by atoms with E-state index in [1.807, 2.05) is 32.0 Å². The van der Waals surface area contributed by atoms with Crippen molar-refractivity contribution in [3.8, 4) is 11.5 Å². The van der Waals surface area contributed by atoms with Gasteiger partial charge in [0.15, 0.2) is 11.5 Å². The number of benzene rings is 2. The molecule has 0 radical (unpaired) electrons. The van der Waals surface area contributed by atoms with Gasteiger partial charge in [-0.1, -0.05) is 11.2 Å². The maximum absolute atomic E-state index is 13.2. The highest BCUT2D eigenvalue weighted by atomic mass is 16.7. The van der Waals surface area contributed by atoms with Crippen LogP contribution in [0.5, 0.6) is 11.5 Å². The molecule has 0 unspecified atom stereocenters. The highest BCUT2D eigenvalue weighted by Crippen LogP contribution is 2.40. The van der Waals surface area contributed by atoms with E-state index in [9.17, 15) is 9.59 Å². The van der Waals surface area contributed by atoms with Crippen LogP contribution in [0.25, 0.3) is 0 Å². The lowest BCUT2D eigenvalue weighted by atomic mass is 9.92. The summed E-state index contributed by atoms with van der Waals surface area (Å²) in [5.41, 5.74) is 2.72. The first kappa shape index (κ1) is 19.0. The summed E-state index contributed by atoms with van der Waals surface area (Å²) in [5, 5.41) is 4.14. The molecular weight excluding hydrogens is 372 g/mol. The summed E-state index contributed by atoms with van der Waals surface area (Å²) in [6.45, 7) is 3.93. The number of carbonyl (C=O) groups excluding carboxylic acids is 2. The number of oxime groups is 1. The van der Waals surface area contributed by atoms with Crippen molar-refractivity contribution in [2.45, 2.75) is 32.3 Å². The molecule has 0 aromatic heterocycles. The van der Waals surface area contributed by atoms with Crippen LogP contribution < -0.4 is 14.4 Å². The van der Waals surface area contributed by atoms with Gasteiger partial charge in [0.25, 0.3) is 5.91 Å². The molecule has 2 aliphatic rings. The minimum Gasteiger partial charge on any atom is -0.493 e. The minimum atomic E-state index is -1.29. The third-order valence-corrected chi connectivity index (χ3v) is 5.53. The zero-order chi connectivity index (χ0) is 20.8.